The van der Waals surface area contributed by atoms with Gasteiger partial charge in [0.05, 0.1) is 5.02 Å². The van der Waals surface area contributed by atoms with Gasteiger partial charge < -0.3 is 0 Å². The Hall–Kier alpha value is -1.18. The van der Waals surface area contributed by atoms with Gasteiger partial charge in [-0.2, -0.15) is 4.31 Å². The third-order valence-corrected chi connectivity index (χ3v) is 6.41. The number of rotatable bonds is 2. The zero-order valence-electron chi connectivity index (χ0n) is 11.8. The van der Waals surface area contributed by atoms with Gasteiger partial charge in [-0.15, -0.1) is 0 Å². The van der Waals surface area contributed by atoms with E-state index in [9.17, 15) is 8.42 Å². The third-order valence-electron chi connectivity index (χ3n) is 4.01. The molecule has 1 saturated heterocycles. The second-order valence-electron chi connectivity index (χ2n) is 6.08. The van der Waals surface area contributed by atoms with Crippen molar-refractivity contribution in [1.29, 1.82) is 0 Å². The van der Waals surface area contributed by atoms with Crippen LogP contribution >= 0.6 is 11.6 Å². The molecule has 0 amide bonds. The molecule has 0 bridgehead atoms. The van der Waals surface area contributed by atoms with Crippen molar-refractivity contribution in [2.75, 3.05) is 13.1 Å². The number of benzene rings is 1. The maximum absolute atomic E-state index is 12.9. The molecule has 1 fully saturated rings. The second-order valence-corrected chi connectivity index (χ2v) is 8.36. The highest BCUT2D eigenvalue weighted by Crippen LogP contribution is 2.35. The average molecular weight is 330 g/mol. The minimum absolute atomic E-state index is 0.0115. The highest BCUT2D eigenvalue weighted by atomic mass is 35.5. The summed E-state index contributed by atoms with van der Waals surface area (Å²) in [6.07, 6.45) is 1.63. The zero-order chi connectivity index (χ0) is 15.3. The molecule has 2 heterocycles. The van der Waals surface area contributed by atoms with Crippen LogP contribution in [0, 0.1) is 5.41 Å². The Labute approximate surface area is 128 Å². The topological polar surface area (TPSA) is 76.3 Å². The van der Waals surface area contributed by atoms with E-state index < -0.39 is 10.0 Å². The summed E-state index contributed by atoms with van der Waals surface area (Å²) in [6.45, 7) is 5.25. The minimum atomic E-state index is -3.70. The third kappa shape index (κ3) is 2.54. The van der Waals surface area contributed by atoms with Crippen LogP contribution in [-0.2, 0) is 10.0 Å². The number of hydrogen-bond acceptors (Lipinski definition) is 5. The predicted molar refractivity (Wildman–Crippen MR) is 78.6 cm³/mol. The molecule has 0 spiro atoms. The molecule has 6 nitrogen and oxygen atoms in total. The quantitative estimate of drug-likeness (QED) is 0.846. The van der Waals surface area contributed by atoms with Crippen molar-refractivity contribution >= 4 is 32.7 Å². The van der Waals surface area contributed by atoms with Gasteiger partial charge in [-0.25, -0.2) is 13.0 Å². The highest BCUT2D eigenvalue weighted by molar-refractivity contribution is 7.89. The molecule has 1 aliphatic rings. The fourth-order valence-corrected chi connectivity index (χ4v) is 4.58. The number of sulfonamides is 1. The van der Waals surface area contributed by atoms with Crippen molar-refractivity contribution in [3.63, 3.8) is 0 Å². The maximum Gasteiger partial charge on any atom is 0.246 e. The number of nitrogens with zero attached hydrogens (tertiary/aromatic N) is 3. The predicted octanol–water partition coefficient (Wildman–Crippen LogP) is 2.69. The molecule has 0 N–H and O–H groups in total. The molecule has 8 heteroatoms. The van der Waals surface area contributed by atoms with Gasteiger partial charge in [0.1, 0.15) is 10.4 Å². The molecule has 0 atom stereocenters. The lowest BCUT2D eigenvalue weighted by Gasteiger charge is -2.36. The van der Waals surface area contributed by atoms with Gasteiger partial charge in [-0.3, -0.25) is 0 Å². The molecule has 0 aliphatic carbocycles. The van der Waals surface area contributed by atoms with Crippen LogP contribution in [0.4, 0.5) is 0 Å². The van der Waals surface area contributed by atoms with Crippen LogP contribution in [0.5, 0.6) is 0 Å². The summed E-state index contributed by atoms with van der Waals surface area (Å²) in [7, 11) is -3.70. The lowest BCUT2D eigenvalue weighted by molar-refractivity contribution is 0.196. The van der Waals surface area contributed by atoms with Gasteiger partial charge in [0, 0.05) is 13.1 Å². The lowest BCUT2D eigenvalue weighted by atomic mass is 9.83. The molecular weight excluding hydrogens is 314 g/mol. The Bertz CT molecular complexity index is 775. The number of aromatic nitrogens is 2. The summed E-state index contributed by atoms with van der Waals surface area (Å²) < 4.78 is 31.8. The van der Waals surface area contributed by atoms with E-state index >= 15 is 0 Å². The van der Waals surface area contributed by atoms with Crippen molar-refractivity contribution in [1.82, 2.24) is 14.6 Å². The molecule has 1 aromatic carbocycles. The fourth-order valence-electron chi connectivity index (χ4n) is 2.51. The first kappa shape index (κ1) is 14.7. The van der Waals surface area contributed by atoms with E-state index in [1.165, 1.54) is 10.4 Å². The Morgan fingerprint density at radius 3 is 2.57 bits per heavy atom. The van der Waals surface area contributed by atoms with Crippen LogP contribution in [-0.4, -0.2) is 36.1 Å². The molecule has 2 aromatic rings. The summed E-state index contributed by atoms with van der Waals surface area (Å²) in [5.41, 5.74) is 0.736. The molecule has 1 aromatic heterocycles. The number of halogens is 1. The SMILES string of the molecule is CC1(C)CCN(S(=O)(=O)c2c(Cl)ccc3nonc23)CC1. The zero-order valence-corrected chi connectivity index (χ0v) is 13.4. The van der Waals surface area contributed by atoms with Gasteiger partial charge >= 0.3 is 0 Å². The first-order valence-corrected chi connectivity index (χ1v) is 8.54. The molecule has 0 saturated carbocycles. The van der Waals surface area contributed by atoms with Gasteiger partial charge in [-0.1, -0.05) is 25.4 Å². The standard InChI is InChI=1S/C13H16ClN3O3S/c1-13(2)5-7-17(8-6-13)21(18,19)12-9(14)3-4-10-11(12)16-20-15-10/h3-4H,5-8H2,1-2H3. The normalized spacial score (nSPS) is 20.0. The molecule has 0 unspecified atom stereocenters. The fraction of sp³-hybridized carbons (Fsp3) is 0.538. The lowest BCUT2D eigenvalue weighted by Crippen LogP contribution is -2.41. The largest absolute Gasteiger partial charge is 0.246 e. The first-order chi connectivity index (χ1) is 9.81. The molecule has 3 rings (SSSR count). The highest BCUT2D eigenvalue weighted by Gasteiger charge is 2.35. The summed E-state index contributed by atoms with van der Waals surface area (Å²) in [5, 5.41) is 7.51. The molecule has 0 radical (unpaired) electrons. The van der Waals surface area contributed by atoms with Gasteiger partial charge in [-0.05, 0) is 40.7 Å². The van der Waals surface area contributed by atoms with Crippen LogP contribution in [0.3, 0.4) is 0 Å². The van der Waals surface area contributed by atoms with Crippen molar-refractivity contribution < 1.29 is 13.0 Å². The van der Waals surface area contributed by atoms with E-state index in [1.54, 1.807) is 6.07 Å². The summed E-state index contributed by atoms with van der Waals surface area (Å²) in [5.74, 6) is 0. The van der Waals surface area contributed by atoms with E-state index in [2.05, 4.69) is 28.8 Å². The molecular formula is C13H16ClN3O3S. The van der Waals surface area contributed by atoms with Crippen LogP contribution in [0.1, 0.15) is 26.7 Å². The van der Waals surface area contributed by atoms with E-state index in [-0.39, 0.29) is 20.8 Å². The Morgan fingerprint density at radius 1 is 1.24 bits per heavy atom. The van der Waals surface area contributed by atoms with Crippen molar-refractivity contribution in [3.8, 4) is 0 Å². The smallest absolute Gasteiger partial charge is 0.243 e. The first-order valence-electron chi connectivity index (χ1n) is 6.72. The van der Waals surface area contributed by atoms with Gasteiger partial charge in [0.25, 0.3) is 0 Å². The minimum Gasteiger partial charge on any atom is -0.243 e. The van der Waals surface area contributed by atoms with E-state index in [4.69, 9.17) is 11.6 Å². The number of piperidine rings is 1. The van der Waals surface area contributed by atoms with Gasteiger partial charge in [0.15, 0.2) is 5.52 Å². The summed E-state index contributed by atoms with van der Waals surface area (Å²) >= 11 is 6.10. The monoisotopic (exact) mass is 329 g/mol. The van der Waals surface area contributed by atoms with Crippen molar-refractivity contribution in [2.24, 2.45) is 5.41 Å². The Morgan fingerprint density at radius 2 is 1.90 bits per heavy atom. The van der Waals surface area contributed by atoms with Crippen molar-refractivity contribution in [3.05, 3.63) is 17.2 Å². The number of hydrogen-bond donors (Lipinski definition) is 0. The molecule has 114 valence electrons. The second kappa shape index (κ2) is 4.93. The molecule has 1 aliphatic heterocycles. The Kier molecular flexibility index (Phi) is 3.46. The maximum atomic E-state index is 12.9. The van der Waals surface area contributed by atoms with Crippen LogP contribution in [0.2, 0.25) is 5.02 Å². The van der Waals surface area contributed by atoms with E-state index in [0.717, 1.165) is 12.8 Å². The summed E-state index contributed by atoms with van der Waals surface area (Å²) in [4.78, 5) is -0.0115. The van der Waals surface area contributed by atoms with Crippen LogP contribution in [0.15, 0.2) is 21.7 Å². The average Bonchev–Trinajstić information content (AvgIpc) is 2.85. The Balaban J connectivity index is 2.05. The van der Waals surface area contributed by atoms with Gasteiger partial charge in [0.2, 0.25) is 10.0 Å². The van der Waals surface area contributed by atoms with Crippen LogP contribution in [0.25, 0.3) is 11.0 Å². The van der Waals surface area contributed by atoms with E-state index in [0.29, 0.717) is 18.6 Å². The molecule has 21 heavy (non-hydrogen) atoms. The van der Waals surface area contributed by atoms with Crippen molar-refractivity contribution in [2.45, 2.75) is 31.6 Å². The van der Waals surface area contributed by atoms with Crippen LogP contribution < -0.4 is 0 Å². The summed E-state index contributed by atoms with van der Waals surface area (Å²) in [6, 6.07) is 3.10. The number of fused-ring (bicyclic) bond motifs is 1. The van der Waals surface area contributed by atoms with E-state index in [1.807, 2.05) is 0 Å².